The van der Waals surface area contributed by atoms with Crippen LogP contribution in [0.15, 0.2) is 72.9 Å². The van der Waals surface area contributed by atoms with Crippen LogP contribution in [0.4, 0.5) is 0 Å². The molecule has 6 heteroatoms. The van der Waals surface area contributed by atoms with Crippen molar-refractivity contribution in [3.8, 4) is 0 Å². The Morgan fingerprint density at radius 2 is 0.951 bits per heavy atom. The molecule has 3 unspecified atom stereocenters. The third kappa shape index (κ3) is 43.7. The van der Waals surface area contributed by atoms with E-state index in [0.717, 1.165) is 96.3 Å². The van der Waals surface area contributed by atoms with Gasteiger partial charge in [0.15, 0.2) is 0 Å². The largest absolute Gasteiger partial charge is 0.462 e. The van der Waals surface area contributed by atoms with Crippen molar-refractivity contribution < 1.29 is 24.5 Å². The van der Waals surface area contributed by atoms with E-state index in [1.165, 1.54) is 96.3 Å². The van der Waals surface area contributed by atoms with Gasteiger partial charge in [-0.1, -0.05) is 216 Å². The Bertz CT molecular complexity index is 1140. The monoisotopic (exact) mass is 852 g/mol. The number of allylic oxidation sites excluding steroid dienone is 12. The van der Waals surface area contributed by atoms with Gasteiger partial charge in [0.2, 0.25) is 5.91 Å². The Morgan fingerprint density at radius 3 is 1.52 bits per heavy atom. The fourth-order valence-electron chi connectivity index (χ4n) is 7.44. The van der Waals surface area contributed by atoms with E-state index in [1.54, 1.807) is 0 Å². The number of amides is 1. The van der Waals surface area contributed by atoms with Gasteiger partial charge in [-0.3, -0.25) is 9.59 Å². The molecule has 352 valence electrons. The van der Waals surface area contributed by atoms with Crippen LogP contribution in [0.3, 0.4) is 0 Å². The van der Waals surface area contributed by atoms with Crippen LogP contribution in [-0.4, -0.2) is 46.9 Å². The molecule has 0 aliphatic carbocycles. The zero-order valence-electron chi connectivity index (χ0n) is 40.0. The molecule has 61 heavy (non-hydrogen) atoms. The Kier molecular flexibility index (Phi) is 46.2. The van der Waals surface area contributed by atoms with E-state index >= 15 is 0 Å². The van der Waals surface area contributed by atoms with Crippen molar-refractivity contribution in [1.82, 2.24) is 5.32 Å². The fourth-order valence-corrected chi connectivity index (χ4v) is 7.44. The summed E-state index contributed by atoms with van der Waals surface area (Å²) in [4.78, 5) is 26.1. The minimum atomic E-state index is -0.803. The van der Waals surface area contributed by atoms with Crippen LogP contribution in [0.1, 0.15) is 239 Å². The Labute approximate surface area is 377 Å². The van der Waals surface area contributed by atoms with Gasteiger partial charge >= 0.3 is 5.97 Å². The van der Waals surface area contributed by atoms with Gasteiger partial charge in [-0.15, -0.1) is 0 Å². The van der Waals surface area contributed by atoms with E-state index in [-0.39, 0.29) is 24.9 Å². The zero-order valence-corrected chi connectivity index (χ0v) is 40.0. The lowest BCUT2D eigenvalue weighted by Crippen LogP contribution is -2.46. The number of hydrogen-bond acceptors (Lipinski definition) is 5. The molecule has 0 saturated carbocycles. The minimum Gasteiger partial charge on any atom is -0.462 e. The van der Waals surface area contributed by atoms with Gasteiger partial charge in [-0.05, 0) is 83.5 Å². The summed E-state index contributed by atoms with van der Waals surface area (Å²) in [6.07, 6.45) is 61.0. The molecule has 0 radical (unpaired) electrons. The average Bonchev–Trinajstić information content (AvgIpc) is 3.25. The van der Waals surface area contributed by atoms with Crippen molar-refractivity contribution in [3.05, 3.63) is 72.9 Å². The van der Waals surface area contributed by atoms with Gasteiger partial charge in [-0.25, -0.2) is 0 Å². The number of carbonyl (C=O) groups is 2. The standard InChI is InChI=1S/C55H97NO5/c1-4-7-10-13-16-19-22-24-26-27-28-30-33-36-39-42-45-48-55(60)61-51(46-43-40-37-34-31-21-18-15-12-9-6-3)49-54(59)56-52(50-57)53(58)47-44-41-38-35-32-29-25-23-20-17-14-11-8-5-2/h9,12,15-16,18-19,21,24,26,28,30-31,51-53,57-58H,4-8,10-11,13-14,17,20,22-23,25,27,29,32-50H2,1-3H3,(H,56,59)/b12-9+,18-15+,19-16-,26-24-,30-28-,31-21-. The van der Waals surface area contributed by atoms with Gasteiger partial charge < -0.3 is 20.3 Å². The maximum atomic E-state index is 13.2. The molecule has 0 aliphatic rings. The van der Waals surface area contributed by atoms with Gasteiger partial charge in [0.1, 0.15) is 6.10 Å². The second kappa shape index (κ2) is 48.3. The molecular weight excluding hydrogens is 755 g/mol. The number of esters is 1. The molecule has 0 bridgehead atoms. The van der Waals surface area contributed by atoms with Gasteiger partial charge in [-0.2, -0.15) is 0 Å². The van der Waals surface area contributed by atoms with Crippen LogP contribution in [0.25, 0.3) is 0 Å². The summed E-state index contributed by atoms with van der Waals surface area (Å²) in [6.45, 7) is 6.30. The highest BCUT2D eigenvalue weighted by atomic mass is 16.5. The van der Waals surface area contributed by atoms with Crippen LogP contribution in [0.2, 0.25) is 0 Å². The summed E-state index contributed by atoms with van der Waals surface area (Å²) in [5.74, 6) is -0.537. The van der Waals surface area contributed by atoms with Gasteiger partial charge in [0, 0.05) is 6.42 Å². The van der Waals surface area contributed by atoms with E-state index in [4.69, 9.17) is 4.74 Å². The summed E-state index contributed by atoms with van der Waals surface area (Å²) in [7, 11) is 0. The Morgan fingerprint density at radius 1 is 0.508 bits per heavy atom. The average molecular weight is 852 g/mol. The minimum absolute atomic E-state index is 0.0427. The normalized spacial score (nSPS) is 13.9. The SMILES string of the molecule is CC/C=C/C=C/C=C\CCCCCC(CC(=O)NC(CO)C(O)CCCCCCCCCCCCCCCC)OC(=O)CCCCCC/C=C\C/C=C\C/C=C\CCCCC. The van der Waals surface area contributed by atoms with E-state index in [9.17, 15) is 19.8 Å². The third-order valence-corrected chi connectivity index (χ3v) is 11.3. The topological polar surface area (TPSA) is 95.9 Å². The second-order valence-corrected chi connectivity index (χ2v) is 17.2. The van der Waals surface area contributed by atoms with Gasteiger partial charge in [0.05, 0.1) is 25.2 Å². The Balaban J connectivity index is 4.60. The number of unbranched alkanes of at least 4 members (excludes halogenated alkanes) is 23. The maximum absolute atomic E-state index is 13.2. The lowest BCUT2D eigenvalue weighted by molar-refractivity contribution is -0.151. The highest BCUT2D eigenvalue weighted by Crippen LogP contribution is 2.17. The number of aliphatic hydroxyl groups is 2. The molecule has 0 aromatic heterocycles. The van der Waals surface area contributed by atoms with Crippen LogP contribution in [0, 0.1) is 0 Å². The van der Waals surface area contributed by atoms with Crippen LogP contribution in [0.5, 0.6) is 0 Å². The molecule has 0 rings (SSSR count). The number of ether oxygens (including phenoxy) is 1. The van der Waals surface area contributed by atoms with Crippen molar-refractivity contribution in [2.75, 3.05) is 6.61 Å². The van der Waals surface area contributed by atoms with Crippen molar-refractivity contribution in [2.24, 2.45) is 0 Å². The predicted octanol–water partition coefficient (Wildman–Crippen LogP) is 15.4. The van der Waals surface area contributed by atoms with Crippen molar-refractivity contribution >= 4 is 11.9 Å². The summed E-state index contributed by atoms with van der Waals surface area (Å²) >= 11 is 0. The molecule has 0 fully saturated rings. The highest BCUT2D eigenvalue weighted by Gasteiger charge is 2.24. The third-order valence-electron chi connectivity index (χ3n) is 11.3. The first-order valence-corrected chi connectivity index (χ1v) is 25.7. The Hall–Kier alpha value is -2.70. The van der Waals surface area contributed by atoms with Crippen molar-refractivity contribution in [1.29, 1.82) is 0 Å². The first kappa shape index (κ1) is 58.3. The quantitative estimate of drug-likeness (QED) is 0.0245. The maximum Gasteiger partial charge on any atom is 0.306 e. The molecule has 1 amide bonds. The second-order valence-electron chi connectivity index (χ2n) is 17.2. The van der Waals surface area contributed by atoms with E-state index in [0.29, 0.717) is 19.3 Å². The number of nitrogens with one attached hydrogen (secondary N) is 1. The molecule has 0 aliphatic heterocycles. The number of aliphatic hydroxyl groups excluding tert-OH is 2. The molecule has 0 saturated heterocycles. The lowest BCUT2D eigenvalue weighted by Gasteiger charge is -2.24. The van der Waals surface area contributed by atoms with Crippen LogP contribution < -0.4 is 5.32 Å². The van der Waals surface area contributed by atoms with Crippen molar-refractivity contribution in [3.63, 3.8) is 0 Å². The summed E-state index contributed by atoms with van der Waals surface area (Å²) < 4.78 is 5.90. The van der Waals surface area contributed by atoms with Crippen LogP contribution in [-0.2, 0) is 14.3 Å². The zero-order chi connectivity index (χ0) is 44.5. The van der Waals surface area contributed by atoms with Gasteiger partial charge in [0.25, 0.3) is 0 Å². The summed E-state index contributed by atoms with van der Waals surface area (Å²) in [5, 5.41) is 23.7. The molecule has 6 nitrogen and oxygen atoms in total. The van der Waals surface area contributed by atoms with Crippen molar-refractivity contribution in [2.45, 2.75) is 257 Å². The molecule has 0 spiro atoms. The van der Waals surface area contributed by atoms with E-state index < -0.39 is 18.2 Å². The molecule has 0 aromatic carbocycles. The molecular formula is C55H97NO5. The highest BCUT2D eigenvalue weighted by molar-refractivity contribution is 5.77. The molecule has 0 aromatic rings. The summed E-state index contributed by atoms with van der Waals surface area (Å²) in [5.41, 5.74) is 0. The predicted molar refractivity (Wildman–Crippen MR) is 264 cm³/mol. The smallest absolute Gasteiger partial charge is 0.306 e. The molecule has 3 atom stereocenters. The van der Waals surface area contributed by atoms with Crippen LogP contribution >= 0.6 is 0 Å². The number of rotatable bonds is 45. The lowest BCUT2D eigenvalue weighted by atomic mass is 10.0. The van der Waals surface area contributed by atoms with E-state index in [1.807, 2.05) is 12.2 Å². The molecule has 3 N–H and O–H groups in total. The number of hydrogen-bond donors (Lipinski definition) is 3. The fraction of sp³-hybridized carbons (Fsp3) is 0.745. The number of carbonyl (C=O) groups excluding carboxylic acids is 2. The molecule has 0 heterocycles. The first-order chi connectivity index (χ1) is 30.0. The summed E-state index contributed by atoms with van der Waals surface area (Å²) in [6, 6.07) is -0.720. The first-order valence-electron chi connectivity index (χ1n) is 25.7. The van der Waals surface area contributed by atoms with E-state index in [2.05, 4.69) is 86.8 Å².